The summed E-state index contributed by atoms with van der Waals surface area (Å²) in [5.41, 5.74) is 1.38. The number of esters is 2. The van der Waals surface area contributed by atoms with Crippen LogP contribution in [0.1, 0.15) is 5.76 Å². The average Bonchev–Trinajstić information content (AvgIpc) is 3.20. The molecule has 1 aromatic carbocycles. The van der Waals surface area contributed by atoms with Crippen molar-refractivity contribution < 1.29 is 23.5 Å². The zero-order valence-electron chi connectivity index (χ0n) is 14.7. The van der Waals surface area contributed by atoms with Crippen LogP contribution in [-0.4, -0.2) is 44.3 Å². The zero-order valence-corrected chi connectivity index (χ0v) is 14.7. The van der Waals surface area contributed by atoms with E-state index in [0.717, 1.165) is 5.69 Å². The van der Waals surface area contributed by atoms with Crippen molar-refractivity contribution in [2.75, 3.05) is 32.3 Å². The minimum Gasteiger partial charge on any atom is -0.467 e. The Kier molecular flexibility index (Phi) is 5.26. The second-order valence-corrected chi connectivity index (χ2v) is 5.76. The van der Waals surface area contributed by atoms with E-state index in [1.807, 2.05) is 41.3 Å². The van der Waals surface area contributed by atoms with Gasteiger partial charge < -0.3 is 23.7 Å². The van der Waals surface area contributed by atoms with E-state index in [2.05, 4.69) is 0 Å². The van der Waals surface area contributed by atoms with Crippen LogP contribution in [0.25, 0.3) is 0 Å². The summed E-state index contributed by atoms with van der Waals surface area (Å²) < 4.78 is 15.2. The van der Waals surface area contributed by atoms with Gasteiger partial charge in [0.05, 0.1) is 45.8 Å². The minimum absolute atomic E-state index is 0.197. The predicted molar refractivity (Wildman–Crippen MR) is 94.0 cm³/mol. The second-order valence-electron chi connectivity index (χ2n) is 5.76. The summed E-state index contributed by atoms with van der Waals surface area (Å²) in [5, 5.41) is 0. The smallest absolute Gasteiger partial charge is 0.355 e. The number of ether oxygens (including phenoxy) is 2. The number of hydrogen-bond donors (Lipinski definition) is 0. The fraction of sp³-hybridized carbons (Fsp3) is 0.263. The van der Waals surface area contributed by atoms with Crippen LogP contribution >= 0.6 is 0 Å². The first-order valence-electron chi connectivity index (χ1n) is 8.11. The van der Waals surface area contributed by atoms with E-state index < -0.39 is 11.9 Å². The van der Waals surface area contributed by atoms with E-state index in [1.165, 1.54) is 14.2 Å². The first-order valence-corrected chi connectivity index (χ1v) is 8.11. The highest BCUT2D eigenvalue weighted by Gasteiger charge is 2.34. The standard InChI is InChI=1S/C19H20N2O5/c1-24-18(22)16-12-20(14-7-4-3-5-8-14)13-21(17(16)19(23)25-2)11-15-9-6-10-26-15/h3-10H,11-13H2,1-2H3. The summed E-state index contributed by atoms with van der Waals surface area (Å²) in [6, 6.07) is 13.2. The molecule has 26 heavy (non-hydrogen) atoms. The molecule has 2 aromatic rings. The van der Waals surface area contributed by atoms with Crippen LogP contribution in [0.2, 0.25) is 0 Å². The number of hydrogen-bond acceptors (Lipinski definition) is 7. The highest BCUT2D eigenvalue weighted by atomic mass is 16.5. The maximum atomic E-state index is 12.4. The van der Waals surface area contributed by atoms with E-state index in [9.17, 15) is 9.59 Å². The number of furan rings is 1. The van der Waals surface area contributed by atoms with Gasteiger partial charge in [-0.15, -0.1) is 0 Å². The Morgan fingerprint density at radius 2 is 1.77 bits per heavy atom. The molecule has 0 bridgehead atoms. The molecule has 0 fully saturated rings. The monoisotopic (exact) mass is 356 g/mol. The molecule has 1 aliphatic heterocycles. The summed E-state index contributed by atoms with van der Waals surface area (Å²) in [6.07, 6.45) is 1.57. The normalized spacial score (nSPS) is 14.4. The summed E-state index contributed by atoms with van der Waals surface area (Å²) in [5.74, 6) is -0.467. The van der Waals surface area contributed by atoms with Crippen LogP contribution in [0.5, 0.6) is 0 Å². The second kappa shape index (κ2) is 7.77. The third-order valence-electron chi connectivity index (χ3n) is 4.15. The van der Waals surface area contributed by atoms with Crippen molar-refractivity contribution in [1.29, 1.82) is 0 Å². The molecule has 3 rings (SSSR count). The number of carbonyl (C=O) groups is 2. The van der Waals surface area contributed by atoms with Crippen LogP contribution in [0, 0.1) is 0 Å². The van der Waals surface area contributed by atoms with Crippen LogP contribution in [0.15, 0.2) is 64.4 Å². The van der Waals surface area contributed by atoms with Gasteiger partial charge >= 0.3 is 11.9 Å². The Labute approximate surface area is 151 Å². The molecule has 0 aliphatic carbocycles. The van der Waals surface area contributed by atoms with Gasteiger partial charge in [0, 0.05) is 5.69 Å². The van der Waals surface area contributed by atoms with E-state index in [0.29, 0.717) is 19.0 Å². The van der Waals surface area contributed by atoms with Crippen molar-refractivity contribution >= 4 is 17.6 Å². The lowest BCUT2D eigenvalue weighted by atomic mass is 10.1. The molecular formula is C19H20N2O5. The SMILES string of the molecule is COC(=O)C1=C(C(=O)OC)N(Cc2ccco2)CN(c2ccccc2)C1. The molecule has 1 aliphatic rings. The Morgan fingerprint density at radius 3 is 2.38 bits per heavy atom. The quantitative estimate of drug-likeness (QED) is 0.760. The molecule has 0 atom stereocenters. The van der Waals surface area contributed by atoms with Crippen molar-refractivity contribution in [2.45, 2.75) is 6.54 Å². The molecule has 0 radical (unpaired) electrons. The number of anilines is 1. The topological polar surface area (TPSA) is 72.2 Å². The molecule has 0 N–H and O–H groups in total. The molecule has 1 aromatic heterocycles. The number of carbonyl (C=O) groups excluding carboxylic acids is 2. The lowest BCUT2D eigenvalue weighted by Crippen LogP contribution is -2.47. The Balaban J connectivity index is 2.03. The van der Waals surface area contributed by atoms with Gasteiger partial charge in [0.1, 0.15) is 11.5 Å². The molecule has 0 saturated heterocycles. The number of benzene rings is 1. The Bertz CT molecular complexity index is 799. The summed E-state index contributed by atoms with van der Waals surface area (Å²) in [4.78, 5) is 28.5. The van der Waals surface area contributed by atoms with Crippen molar-refractivity contribution in [2.24, 2.45) is 0 Å². The van der Waals surface area contributed by atoms with E-state index in [-0.39, 0.29) is 17.8 Å². The minimum atomic E-state index is -0.579. The van der Waals surface area contributed by atoms with Gasteiger partial charge in [-0.25, -0.2) is 9.59 Å². The average molecular weight is 356 g/mol. The molecule has 0 amide bonds. The molecular weight excluding hydrogens is 336 g/mol. The first kappa shape index (κ1) is 17.6. The van der Waals surface area contributed by atoms with Gasteiger partial charge in [-0.2, -0.15) is 0 Å². The van der Waals surface area contributed by atoms with Crippen molar-refractivity contribution in [3.8, 4) is 0 Å². The number of methoxy groups -OCH3 is 2. The lowest BCUT2D eigenvalue weighted by Gasteiger charge is -2.39. The highest BCUT2D eigenvalue weighted by molar-refractivity contribution is 6.01. The summed E-state index contributed by atoms with van der Waals surface area (Å²) >= 11 is 0. The van der Waals surface area contributed by atoms with Gasteiger partial charge in [0.25, 0.3) is 0 Å². The summed E-state index contributed by atoms with van der Waals surface area (Å²) in [6.45, 7) is 0.965. The molecule has 136 valence electrons. The molecule has 7 nitrogen and oxygen atoms in total. The number of rotatable bonds is 5. The van der Waals surface area contributed by atoms with Crippen molar-refractivity contribution in [1.82, 2.24) is 4.90 Å². The van der Waals surface area contributed by atoms with Gasteiger partial charge in [0.2, 0.25) is 0 Å². The third-order valence-corrected chi connectivity index (χ3v) is 4.15. The van der Waals surface area contributed by atoms with Crippen LogP contribution in [0.3, 0.4) is 0 Å². The molecule has 0 saturated carbocycles. The zero-order chi connectivity index (χ0) is 18.5. The molecule has 0 spiro atoms. The number of para-hydroxylation sites is 1. The van der Waals surface area contributed by atoms with E-state index in [4.69, 9.17) is 13.9 Å². The summed E-state index contributed by atoms with van der Waals surface area (Å²) in [7, 11) is 2.58. The van der Waals surface area contributed by atoms with Gasteiger partial charge in [-0.1, -0.05) is 18.2 Å². The van der Waals surface area contributed by atoms with Gasteiger partial charge in [0.15, 0.2) is 0 Å². The van der Waals surface area contributed by atoms with E-state index >= 15 is 0 Å². The highest BCUT2D eigenvalue weighted by Crippen LogP contribution is 2.27. The van der Waals surface area contributed by atoms with Crippen molar-refractivity contribution in [3.63, 3.8) is 0 Å². The maximum absolute atomic E-state index is 12.4. The van der Waals surface area contributed by atoms with Crippen LogP contribution in [-0.2, 0) is 25.6 Å². The van der Waals surface area contributed by atoms with Crippen molar-refractivity contribution in [3.05, 3.63) is 65.8 Å². The predicted octanol–water partition coefficient (Wildman–Crippen LogP) is 2.16. The number of nitrogens with zero attached hydrogens (tertiary/aromatic N) is 2. The fourth-order valence-corrected chi connectivity index (χ4v) is 2.95. The molecule has 7 heteroatoms. The fourth-order valence-electron chi connectivity index (χ4n) is 2.95. The lowest BCUT2D eigenvalue weighted by molar-refractivity contribution is -0.141. The molecule has 2 heterocycles. The van der Waals surface area contributed by atoms with Crippen LogP contribution < -0.4 is 4.90 Å². The largest absolute Gasteiger partial charge is 0.467 e. The van der Waals surface area contributed by atoms with Gasteiger partial charge in [-0.3, -0.25) is 0 Å². The molecule has 0 unspecified atom stereocenters. The third kappa shape index (κ3) is 3.56. The van der Waals surface area contributed by atoms with Crippen LogP contribution in [0.4, 0.5) is 5.69 Å². The Morgan fingerprint density at radius 1 is 1.04 bits per heavy atom. The Hall–Kier alpha value is -3.22. The maximum Gasteiger partial charge on any atom is 0.355 e. The van der Waals surface area contributed by atoms with E-state index in [1.54, 1.807) is 17.2 Å². The first-order chi connectivity index (χ1) is 12.6. The van der Waals surface area contributed by atoms with Gasteiger partial charge in [-0.05, 0) is 24.3 Å².